The number of hydrogen-bond donors (Lipinski definition) is 0. The summed E-state index contributed by atoms with van der Waals surface area (Å²) >= 11 is 6.80. The summed E-state index contributed by atoms with van der Waals surface area (Å²) in [4.78, 5) is 2.39. The fourth-order valence-corrected chi connectivity index (χ4v) is 3.00. The van der Waals surface area contributed by atoms with Crippen LogP contribution in [0.25, 0.3) is 0 Å². The highest BCUT2D eigenvalue weighted by molar-refractivity contribution is 9.10. The van der Waals surface area contributed by atoms with Crippen molar-refractivity contribution < 1.29 is 9.13 Å². The minimum absolute atomic E-state index is 0.197. The van der Waals surface area contributed by atoms with Gasteiger partial charge in [-0.25, -0.2) is 4.39 Å². The third kappa shape index (κ3) is 4.81. The van der Waals surface area contributed by atoms with E-state index in [1.165, 1.54) is 12.1 Å². The van der Waals surface area contributed by atoms with Crippen LogP contribution in [0.3, 0.4) is 0 Å². The smallest absolute Gasteiger partial charge is 0.124 e. The van der Waals surface area contributed by atoms with E-state index in [2.05, 4.69) is 36.8 Å². The first-order chi connectivity index (χ1) is 9.19. The molecule has 1 fully saturated rings. The number of alkyl halides is 1. The van der Waals surface area contributed by atoms with Crippen molar-refractivity contribution in [3.63, 3.8) is 0 Å². The van der Waals surface area contributed by atoms with Crippen LogP contribution in [0.5, 0.6) is 0 Å². The van der Waals surface area contributed by atoms with Crippen molar-refractivity contribution in [2.24, 2.45) is 0 Å². The molecule has 0 N–H and O–H groups in total. The Morgan fingerprint density at radius 3 is 2.68 bits per heavy atom. The van der Waals surface area contributed by atoms with E-state index in [1.54, 1.807) is 0 Å². The number of piperidine rings is 1. The molecule has 0 atom stereocenters. The minimum atomic E-state index is -0.197. The maximum atomic E-state index is 13.0. The molecular weight excluding hydrogens is 377 g/mol. The lowest BCUT2D eigenvalue weighted by atomic mass is 10.1. The number of benzene rings is 1. The van der Waals surface area contributed by atoms with Crippen LogP contribution in [0.15, 0.2) is 22.7 Å². The van der Waals surface area contributed by atoms with E-state index >= 15 is 0 Å². The maximum Gasteiger partial charge on any atom is 0.124 e. The highest BCUT2D eigenvalue weighted by Crippen LogP contribution is 2.22. The molecule has 0 spiro atoms. The molecule has 106 valence electrons. The van der Waals surface area contributed by atoms with Gasteiger partial charge in [-0.2, -0.15) is 0 Å². The van der Waals surface area contributed by atoms with E-state index in [0.29, 0.717) is 6.10 Å². The molecule has 0 radical (unpaired) electrons. The van der Waals surface area contributed by atoms with Crippen LogP contribution in [-0.2, 0) is 11.3 Å². The Balaban J connectivity index is 1.82. The third-order valence-electron chi connectivity index (χ3n) is 3.37. The van der Waals surface area contributed by atoms with Crippen molar-refractivity contribution in [3.8, 4) is 0 Å². The Morgan fingerprint density at radius 2 is 2.05 bits per heavy atom. The van der Waals surface area contributed by atoms with Crippen molar-refractivity contribution in [1.82, 2.24) is 4.90 Å². The predicted molar refractivity (Wildman–Crippen MR) is 82.1 cm³/mol. The van der Waals surface area contributed by atoms with Crippen molar-refractivity contribution in [2.75, 3.05) is 25.0 Å². The average molecular weight is 395 g/mol. The highest BCUT2D eigenvalue weighted by atomic mass is 79.9. The molecule has 0 aromatic heterocycles. The number of rotatable bonds is 5. The minimum Gasteiger partial charge on any atom is -0.377 e. The van der Waals surface area contributed by atoms with Crippen molar-refractivity contribution in [1.29, 1.82) is 0 Å². The number of ether oxygens (including phenoxy) is 1. The zero-order chi connectivity index (χ0) is 13.7. The summed E-state index contributed by atoms with van der Waals surface area (Å²) in [6.07, 6.45) is 2.54. The molecule has 19 heavy (non-hydrogen) atoms. The lowest BCUT2D eigenvalue weighted by Crippen LogP contribution is -2.36. The number of likely N-dealkylation sites (tertiary alicyclic amines) is 1. The molecule has 1 aromatic carbocycles. The summed E-state index contributed by atoms with van der Waals surface area (Å²) in [7, 11) is 0. The van der Waals surface area contributed by atoms with Crippen LogP contribution in [0.1, 0.15) is 18.4 Å². The van der Waals surface area contributed by atoms with Gasteiger partial charge in [0.1, 0.15) is 5.82 Å². The van der Waals surface area contributed by atoms with Crippen molar-refractivity contribution in [2.45, 2.75) is 25.5 Å². The van der Waals surface area contributed by atoms with Gasteiger partial charge in [0.25, 0.3) is 0 Å². The molecule has 0 saturated carbocycles. The zero-order valence-corrected chi connectivity index (χ0v) is 13.9. The van der Waals surface area contributed by atoms with E-state index in [0.717, 1.165) is 54.4 Å². The second kappa shape index (κ2) is 7.72. The molecule has 2 rings (SSSR count). The second-order valence-electron chi connectivity index (χ2n) is 4.77. The molecule has 1 heterocycles. The predicted octanol–water partition coefficient (Wildman–Crippen LogP) is 3.96. The van der Waals surface area contributed by atoms with Crippen molar-refractivity contribution in [3.05, 3.63) is 34.1 Å². The van der Waals surface area contributed by atoms with Gasteiger partial charge >= 0.3 is 0 Å². The summed E-state index contributed by atoms with van der Waals surface area (Å²) in [5, 5.41) is 0.899. The highest BCUT2D eigenvalue weighted by Gasteiger charge is 2.20. The van der Waals surface area contributed by atoms with Crippen LogP contribution in [0.2, 0.25) is 0 Å². The van der Waals surface area contributed by atoms with Gasteiger partial charge in [-0.05, 0) is 30.5 Å². The fourth-order valence-electron chi connectivity index (χ4n) is 2.34. The lowest BCUT2D eigenvalue weighted by molar-refractivity contribution is 0.0141. The average Bonchev–Trinajstić information content (AvgIpc) is 2.41. The number of halogens is 3. The summed E-state index contributed by atoms with van der Waals surface area (Å²) in [6.45, 7) is 3.73. The molecule has 0 amide bonds. The van der Waals surface area contributed by atoms with Crippen LogP contribution >= 0.6 is 31.9 Å². The van der Waals surface area contributed by atoms with Gasteiger partial charge in [0, 0.05) is 29.4 Å². The van der Waals surface area contributed by atoms with E-state index in [4.69, 9.17) is 4.74 Å². The fraction of sp³-hybridized carbons (Fsp3) is 0.571. The first kappa shape index (κ1) is 15.4. The van der Waals surface area contributed by atoms with Gasteiger partial charge in [0.15, 0.2) is 0 Å². The van der Waals surface area contributed by atoms with Crippen LogP contribution in [0, 0.1) is 5.82 Å². The van der Waals surface area contributed by atoms with Gasteiger partial charge in [-0.3, -0.25) is 4.90 Å². The van der Waals surface area contributed by atoms with E-state index in [1.807, 2.05) is 6.07 Å². The Morgan fingerprint density at radius 1 is 1.32 bits per heavy atom. The number of hydrogen-bond acceptors (Lipinski definition) is 2. The first-order valence-electron chi connectivity index (χ1n) is 6.53. The zero-order valence-electron chi connectivity index (χ0n) is 10.7. The van der Waals surface area contributed by atoms with Crippen LogP contribution in [-0.4, -0.2) is 36.0 Å². The number of nitrogens with zero attached hydrogens (tertiary/aromatic N) is 1. The van der Waals surface area contributed by atoms with Crippen LogP contribution < -0.4 is 0 Å². The SMILES string of the molecule is Fc1ccc(CN2CCC(OCCBr)CC2)c(Br)c1. The van der Waals surface area contributed by atoms with Gasteiger partial charge in [-0.1, -0.05) is 37.9 Å². The van der Waals surface area contributed by atoms with E-state index < -0.39 is 0 Å². The molecule has 1 aliphatic rings. The van der Waals surface area contributed by atoms with Gasteiger partial charge in [0.2, 0.25) is 0 Å². The first-order valence-corrected chi connectivity index (χ1v) is 8.44. The largest absolute Gasteiger partial charge is 0.377 e. The Kier molecular flexibility index (Phi) is 6.26. The summed E-state index contributed by atoms with van der Waals surface area (Å²) < 4.78 is 19.6. The van der Waals surface area contributed by atoms with Gasteiger partial charge < -0.3 is 4.74 Å². The molecule has 2 nitrogen and oxygen atoms in total. The Hall–Kier alpha value is 0.0300. The lowest BCUT2D eigenvalue weighted by Gasteiger charge is -2.32. The Labute approximate surface area is 130 Å². The van der Waals surface area contributed by atoms with E-state index in [9.17, 15) is 4.39 Å². The summed E-state index contributed by atoms with van der Waals surface area (Å²) in [6, 6.07) is 4.90. The van der Waals surface area contributed by atoms with E-state index in [-0.39, 0.29) is 5.82 Å². The quantitative estimate of drug-likeness (QED) is 0.700. The van der Waals surface area contributed by atoms with Crippen LogP contribution in [0.4, 0.5) is 4.39 Å². The molecule has 1 saturated heterocycles. The summed E-state index contributed by atoms with van der Waals surface area (Å²) in [5.41, 5.74) is 1.14. The maximum absolute atomic E-state index is 13.0. The summed E-state index contributed by atoms with van der Waals surface area (Å²) in [5.74, 6) is -0.197. The molecule has 0 unspecified atom stereocenters. The third-order valence-corrected chi connectivity index (χ3v) is 4.44. The second-order valence-corrected chi connectivity index (χ2v) is 6.42. The van der Waals surface area contributed by atoms with Gasteiger partial charge in [-0.15, -0.1) is 0 Å². The van der Waals surface area contributed by atoms with Crippen molar-refractivity contribution >= 4 is 31.9 Å². The molecule has 0 aliphatic carbocycles. The van der Waals surface area contributed by atoms with Gasteiger partial charge in [0.05, 0.1) is 12.7 Å². The molecule has 1 aromatic rings. The monoisotopic (exact) mass is 393 g/mol. The topological polar surface area (TPSA) is 12.5 Å². The molecule has 5 heteroatoms. The molecular formula is C14H18Br2FNO. The molecule has 1 aliphatic heterocycles. The molecule has 0 bridgehead atoms. The normalized spacial score (nSPS) is 17.8. The Bertz CT molecular complexity index is 408. The standard InChI is InChI=1S/C14H18Br2FNO/c15-5-8-19-13-3-6-18(7-4-13)10-11-1-2-12(17)9-14(11)16/h1-2,9,13H,3-8,10H2.